The zero-order chi connectivity index (χ0) is 14.8. The van der Waals surface area contributed by atoms with Crippen molar-refractivity contribution < 1.29 is 9.13 Å². The average Bonchev–Trinajstić information content (AvgIpc) is 2.84. The fraction of sp³-hybridized carbons (Fsp3) is 0.400. The van der Waals surface area contributed by atoms with Crippen molar-refractivity contribution in [3.05, 3.63) is 45.7 Å². The second kappa shape index (κ2) is 6.22. The maximum absolute atomic E-state index is 13.4. The van der Waals surface area contributed by atoms with E-state index in [4.69, 9.17) is 4.74 Å². The van der Waals surface area contributed by atoms with E-state index in [9.17, 15) is 4.39 Å². The van der Waals surface area contributed by atoms with Crippen molar-refractivity contribution in [3.63, 3.8) is 0 Å². The molecule has 0 N–H and O–H groups in total. The zero-order valence-electron chi connectivity index (χ0n) is 11.7. The molecule has 0 bridgehead atoms. The molecule has 0 unspecified atom stereocenters. The van der Waals surface area contributed by atoms with Crippen LogP contribution in [0.1, 0.15) is 37.0 Å². The van der Waals surface area contributed by atoms with Gasteiger partial charge >= 0.3 is 0 Å². The summed E-state index contributed by atoms with van der Waals surface area (Å²) in [4.78, 5) is 4.55. The monoisotopic (exact) mass is 357 g/mol. The Morgan fingerprint density at radius 1 is 1.30 bits per heavy atom. The van der Waals surface area contributed by atoms with Crippen molar-refractivity contribution >= 4 is 27.3 Å². The van der Waals surface area contributed by atoms with E-state index in [-0.39, 0.29) is 11.2 Å². The molecule has 5 heteroatoms. The molecular weight excluding hydrogens is 341 g/mol. The van der Waals surface area contributed by atoms with Crippen molar-refractivity contribution in [2.75, 3.05) is 0 Å². The highest BCUT2D eigenvalue weighted by atomic mass is 79.9. The van der Waals surface area contributed by atoms with E-state index in [1.54, 1.807) is 11.3 Å². The van der Waals surface area contributed by atoms with Crippen LogP contribution >= 0.6 is 27.3 Å². The second-order valence-corrected chi connectivity index (χ2v) is 7.10. The van der Waals surface area contributed by atoms with E-state index in [1.165, 1.54) is 12.1 Å². The van der Waals surface area contributed by atoms with Gasteiger partial charge in [-0.25, -0.2) is 9.37 Å². The predicted molar refractivity (Wildman–Crippen MR) is 84.2 cm³/mol. The van der Waals surface area contributed by atoms with Gasteiger partial charge in [-0.1, -0.05) is 36.7 Å². The molecule has 1 aromatic heterocycles. The minimum absolute atomic E-state index is 0.0384. The van der Waals surface area contributed by atoms with Gasteiger partial charge in [0.2, 0.25) is 0 Å². The highest BCUT2D eigenvalue weighted by Gasteiger charge is 2.17. The lowest BCUT2D eigenvalue weighted by atomic mass is 9.93. The number of benzene rings is 1. The van der Waals surface area contributed by atoms with Crippen molar-refractivity contribution in [1.82, 2.24) is 4.98 Å². The molecule has 0 spiro atoms. The third-order valence-corrected chi connectivity index (χ3v) is 4.24. The van der Waals surface area contributed by atoms with Crippen molar-refractivity contribution in [3.8, 4) is 5.75 Å². The molecule has 0 aliphatic heterocycles. The van der Waals surface area contributed by atoms with Gasteiger partial charge in [-0.05, 0) is 17.7 Å². The highest BCUT2D eigenvalue weighted by molar-refractivity contribution is 9.08. The molecule has 0 saturated heterocycles. The van der Waals surface area contributed by atoms with Crippen LogP contribution in [0.25, 0.3) is 0 Å². The summed E-state index contributed by atoms with van der Waals surface area (Å²) in [5, 5.41) is 3.56. The summed E-state index contributed by atoms with van der Waals surface area (Å²) in [7, 11) is 0. The van der Waals surface area contributed by atoms with E-state index in [0.717, 1.165) is 16.3 Å². The average molecular weight is 358 g/mol. The smallest absolute Gasteiger partial charge is 0.140 e. The van der Waals surface area contributed by atoms with Gasteiger partial charge in [-0.15, -0.1) is 11.3 Å². The van der Waals surface area contributed by atoms with Crippen LogP contribution in [0.4, 0.5) is 4.39 Å². The van der Waals surface area contributed by atoms with Gasteiger partial charge in [0.25, 0.3) is 0 Å². The Hall–Kier alpha value is -0.940. The third kappa shape index (κ3) is 4.03. The number of halogens is 2. The fourth-order valence-electron chi connectivity index (χ4n) is 1.65. The first-order chi connectivity index (χ1) is 9.38. The van der Waals surface area contributed by atoms with Crippen LogP contribution in [-0.4, -0.2) is 4.98 Å². The summed E-state index contributed by atoms with van der Waals surface area (Å²) < 4.78 is 19.0. The first kappa shape index (κ1) is 15.4. The topological polar surface area (TPSA) is 22.1 Å². The maximum Gasteiger partial charge on any atom is 0.140 e. The first-order valence-corrected chi connectivity index (χ1v) is 8.32. The van der Waals surface area contributed by atoms with Gasteiger partial charge in [0.1, 0.15) is 23.2 Å². The Kier molecular flexibility index (Phi) is 4.81. The quantitative estimate of drug-likeness (QED) is 0.714. The minimum atomic E-state index is -0.286. The van der Waals surface area contributed by atoms with Crippen LogP contribution in [-0.2, 0) is 17.4 Å². The van der Waals surface area contributed by atoms with Gasteiger partial charge in [0, 0.05) is 22.2 Å². The molecular formula is C15H17BrFNOS. The summed E-state index contributed by atoms with van der Waals surface area (Å²) in [5.74, 6) is 0.249. The lowest BCUT2D eigenvalue weighted by Gasteiger charge is -2.14. The molecule has 0 aliphatic rings. The summed E-state index contributed by atoms with van der Waals surface area (Å²) in [6, 6.07) is 4.71. The number of aromatic nitrogens is 1. The number of hydrogen-bond acceptors (Lipinski definition) is 3. The van der Waals surface area contributed by atoms with Crippen LogP contribution in [0.3, 0.4) is 0 Å². The molecule has 0 saturated carbocycles. The number of thiazole rings is 1. The molecule has 1 aromatic carbocycles. The van der Waals surface area contributed by atoms with Gasteiger partial charge in [-0.2, -0.15) is 0 Å². The Balaban J connectivity index is 2.05. The Bertz CT molecular complexity index is 592. The lowest BCUT2D eigenvalue weighted by molar-refractivity contribution is 0.303. The van der Waals surface area contributed by atoms with E-state index < -0.39 is 0 Å². The molecule has 2 rings (SSSR count). The van der Waals surface area contributed by atoms with Crippen molar-refractivity contribution in [2.45, 2.75) is 38.1 Å². The van der Waals surface area contributed by atoms with Gasteiger partial charge in [0.05, 0.1) is 5.69 Å². The van der Waals surface area contributed by atoms with Crippen molar-refractivity contribution in [1.29, 1.82) is 0 Å². The van der Waals surface area contributed by atoms with E-state index in [1.807, 2.05) is 11.4 Å². The van der Waals surface area contributed by atoms with E-state index >= 15 is 0 Å². The normalized spacial score (nSPS) is 11.7. The fourth-order valence-corrected chi connectivity index (χ4v) is 2.90. The van der Waals surface area contributed by atoms with Crippen LogP contribution in [0.15, 0.2) is 23.6 Å². The lowest BCUT2D eigenvalue weighted by Crippen LogP contribution is -2.11. The third-order valence-electron chi connectivity index (χ3n) is 2.77. The summed E-state index contributed by atoms with van der Waals surface area (Å²) in [5.41, 5.74) is 1.95. The largest absolute Gasteiger partial charge is 0.486 e. The second-order valence-electron chi connectivity index (χ2n) is 5.59. The predicted octanol–water partition coefficient (Wildman–Crippen LogP) is 5.05. The van der Waals surface area contributed by atoms with Gasteiger partial charge in [0.15, 0.2) is 0 Å². The number of rotatable bonds is 4. The zero-order valence-corrected chi connectivity index (χ0v) is 14.1. The summed E-state index contributed by atoms with van der Waals surface area (Å²) in [6.07, 6.45) is 0. The number of hydrogen-bond donors (Lipinski definition) is 0. The molecule has 108 valence electrons. The summed E-state index contributed by atoms with van der Waals surface area (Å²) >= 11 is 4.89. The standard InChI is InChI=1S/C15H17BrFNOS/c1-15(2,3)13-9-20-14(18-13)8-19-12-5-10(7-16)4-11(17)6-12/h4-6,9H,7-8H2,1-3H3. The summed E-state index contributed by atoms with van der Waals surface area (Å²) in [6.45, 7) is 6.75. The molecule has 0 aliphatic carbocycles. The van der Waals surface area contributed by atoms with Gasteiger partial charge in [-0.3, -0.25) is 0 Å². The van der Waals surface area contributed by atoms with Crippen LogP contribution < -0.4 is 4.74 Å². The number of ether oxygens (including phenoxy) is 1. The highest BCUT2D eigenvalue weighted by Crippen LogP contribution is 2.25. The van der Waals surface area contributed by atoms with Crippen LogP contribution in [0.2, 0.25) is 0 Å². The number of alkyl halides is 1. The Labute approximate surface area is 131 Å². The van der Waals surface area contributed by atoms with Gasteiger partial charge < -0.3 is 4.74 Å². The molecule has 0 fully saturated rings. The Morgan fingerprint density at radius 3 is 2.65 bits per heavy atom. The Morgan fingerprint density at radius 2 is 2.05 bits per heavy atom. The minimum Gasteiger partial charge on any atom is -0.486 e. The molecule has 0 amide bonds. The number of nitrogens with zero attached hydrogens (tertiary/aromatic N) is 1. The molecule has 0 atom stereocenters. The van der Waals surface area contributed by atoms with Crippen LogP contribution in [0, 0.1) is 5.82 Å². The van der Waals surface area contributed by atoms with E-state index in [0.29, 0.717) is 17.7 Å². The van der Waals surface area contributed by atoms with Crippen LogP contribution in [0.5, 0.6) is 5.75 Å². The molecule has 0 radical (unpaired) electrons. The molecule has 2 aromatic rings. The molecule has 1 heterocycles. The molecule has 20 heavy (non-hydrogen) atoms. The first-order valence-electron chi connectivity index (χ1n) is 6.31. The maximum atomic E-state index is 13.4. The SMILES string of the molecule is CC(C)(C)c1csc(COc2cc(F)cc(CBr)c2)n1. The van der Waals surface area contributed by atoms with E-state index in [2.05, 4.69) is 41.7 Å². The van der Waals surface area contributed by atoms with Crippen molar-refractivity contribution in [2.24, 2.45) is 0 Å². The molecule has 2 nitrogen and oxygen atoms in total.